The van der Waals surface area contributed by atoms with E-state index in [4.69, 9.17) is 4.74 Å². The third-order valence-corrected chi connectivity index (χ3v) is 5.06. The first-order valence-electron chi connectivity index (χ1n) is 9.75. The molecule has 0 unspecified atom stereocenters. The summed E-state index contributed by atoms with van der Waals surface area (Å²) in [5.74, 6) is 0.342. The van der Waals surface area contributed by atoms with E-state index in [0.29, 0.717) is 25.2 Å². The molecule has 0 bridgehead atoms. The second-order valence-electron chi connectivity index (χ2n) is 7.13. The van der Waals surface area contributed by atoms with Crippen molar-refractivity contribution in [2.24, 2.45) is 0 Å². The number of benzene rings is 2. The summed E-state index contributed by atoms with van der Waals surface area (Å²) in [6.45, 7) is 0.809. The zero-order chi connectivity index (χ0) is 18.9. The SMILES string of the molecule is O=C1CCCC(N(Cc2ccccc2)C(=O)OCc2ccccc2)CCC1. The van der Waals surface area contributed by atoms with Crippen LogP contribution in [0.15, 0.2) is 60.7 Å². The van der Waals surface area contributed by atoms with Crippen molar-refractivity contribution in [2.75, 3.05) is 0 Å². The number of rotatable bonds is 5. The van der Waals surface area contributed by atoms with Gasteiger partial charge < -0.3 is 9.64 Å². The van der Waals surface area contributed by atoms with E-state index in [1.807, 2.05) is 65.6 Å². The molecule has 0 atom stereocenters. The van der Waals surface area contributed by atoms with Gasteiger partial charge in [-0.05, 0) is 36.8 Å². The lowest BCUT2D eigenvalue weighted by molar-refractivity contribution is -0.119. The number of Topliss-reactive ketones (excluding diaryl/α,β-unsaturated/α-hetero) is 1. The minimum absolute atomic E-state index is 0.113. The molecule has 4 nitrogen and oxygen atoms in total. The second-order valence-corrected chi connectivity index (χ2v) is 7.13. The fraction of sp³-hybridized carbons (Fsp3) is 0.391. The maximum absolute atomic E-state index is 12.9. The summed E-state index contributed by atoms with van der Waals surface area (Å²) in [4.78, 5) is 26.5. The molecule has 1 aliphatic rings. The lowest BCUT2D eigenvalue weighted by Gasteiger charge is -2.32. The van der Waals surface area contributed by atoms with Gasteiger partial charge in [-0.25, -0.2) is 4.79 Å². The van der Waals surface area contributed by atoms with Crippen molar-refractivity contribution in [3.05, 3.63) is 71.8 Å². The van der Waals surface area contributed by atoms with E-state index in [1.54, 1.807) is 0 Å². The Hall–Kier alpha value is -2.62. The predicted octanol–water partition coefficient (Wildman–Crippen LogP) is 5.12. The molecule has 0 heterocycles. The topological polar surface area (TPSA) is 46.6 Å². The Bertz CT molecular complexity index is 718. The van der Waals surface area contributed by atoms with Crippen LogP contribution in [0.3, 0.4) is 0 Å². The summed E-state index contributed by atoms with van der Waals surface area (Å²) in [5.41, 5.74) is 2.07. The fourth-order valence-corrected chi connectivity index (χ4v) is 3.58. The van der Waals surface area contributed by atoms with Gasteiger partial charge in [0.15, 0.2) is 0 Å². The molecule has 4 heteroatoms. The first-order valence-corrected chi connectivity index (χ1v) is 9.75. The van der Waals surface area contributed by atoms with Crippen molar-refractivity contribution in [3.63, 3.8) is 0 Å². The lowest BCUT2D eigenvalue weighted by Crippen LogP contribution is -2.40. The monoisotopic (exact) mass is 365 g/mol. The molecule has 1 aliphatic carbocycles. The molecule has 0 spiro atoms. The van der Waals surface area contributed by atoms with Crippen molar-refractivity contribution in [3.8, 4) is 0 Å². The van der Waals surface area contributed by atoms with Crippen molar-refractivity contribution in [2.45, 2.75) is 57.7 Å². The van der Waals surface area contributed by atoms with Crippen LogP contribution in [0, 0.1) is 0 Å². The van der Waals surface area contributed by atoms with Crippen LogP contribution in [0.1, 0.15) is 49.7 Å². The maximum Gasteiger partial charge on any atom is 0.410 e. The summed E-state index contributed by atoms with van der Waals surface area (Å²) >= 11 is 0. The second kappa shape index (κ2) is 9.91. The first-order chi connectivity index (χ1) is 13.2. The minimum atomic E-state index is -0.278. The summed E-state index contributed by atoms with van der Waals surface area (Å²) < 4.78 is 5.63. The number of hydrogen-bond donors (Lipinski definition) is 0. The van der Waals surface area contributed by atoms with Gasteiger partial charge in [0.1, 0.15) is 12.4 Å². The molecule has 0 aliphatic heterocycles. The zero-order valence-electron chi connectivity index (χ0n) is 15.7. The third kappa shape index (κ3) is 5.95. The van der Waals surface area contributed by atoms with Gasteiger partial charge in [0.05, 0.1) is 0 Å². The number of carbonyl (C=O) groups is 2. The van der Waals surface area contributed by atoms with Gasteiger partial charge in [-0.1, -0.05) is 60.7 Å². The van der Waals surface area contributed by atoms with Crippen LogP contribution in [0.2, 0.25) is 0 Å². The van der Waals surface area contributed by atoms with Gasteiger partial charge in [-0.2, -0.15) is 0 Å². The van der Waals surface area contributed by atoms with Crippen LogP contribution in [-0.2, 0) is 22.7 Å². The predicted molar refractivity (Wildman–Crippen MR) is 105 cm³/mol. The largest absolute Gasteiger partial charge is 0.445 e. The highest BCUT2D eigenvalue weighted by molar-refractivity contribution is 5.78. The third-order valence-electron chi connectivity index (χ3n) is 5.06. The molecule has 3 rings (SSSR count). The zero-order valence-corrected chi connectivity index (χ0v) is 15.7. The lowest BCUT2D eigenvalue weighted by atomic mass is 9.94. The van der Waals surface area contributed by atoms with Crippen LogP contribution in [0.4, 0.5) is 4.79 Å². The Morgan fingerprint density at radius 2 is 1.44 bits per heavy atom. The normalized spacial score (nSPS) is 15.6. The molecule has 1 saturated carbocycles. The summed E-state index contributed by atoms with van der Waals surface area (Å²) in [7, 11) is 0. The van der Waals surface area contributed by atoms with Crippen LogP contribution in [-0.4, -0.2) is 22.8 Å². The molecule has 142 valence electrons. The number of amides is 1. The minimum Gasteiger partial charge on any atom is -0.445 e. The van der Waals surface area contributed by atoms with Gasteiger partial charge in [-0.3, -0.25) is 4.79 Å². The molecule has 0 N–H and O–H groups in total. The van der Waals surface area contributed by atoms with E-state index in [2.05, 4.69) is 0 Å². The Morgan fingerprint density at radius 3 is 2.04 bits per heavy atom. The van der Waals surface area contributed by atoms with E-state index >= 15 is 0 Å². The highest BCUT2D eigenvalue weighted by atomic mass is 16.6. The highest BCUT2D eigenvalue weighted by Crippen LogP contribution is 2.23. The Balaban J connectivity index is 1.69. The van der Waals surface area contributed by atoms with Gasteiger partial charge in [-0.15, -0.1) is 0 Å². The number of ether oxygens (including phenoxy) is 1. The first kappa shape index (κ1) is 19.2. The Kier molecular flexibility index (Phi) is 7.03. The molecule has 0 aromatic heterocycles. The van der Waals surface area contributed by atoms with E-state index in [0.717, 1.165) is 36.8 Å². The molecule has 2 aromatic rings. The van der Waals surface area contributed by atoms with Crippen molar-refractivity contribution >= 4 is 11.9 Å². The van der Waals surface area contributed by atoms with Crippen LogP contribution >= 0.6 is 0 Å². The summed E-state index contributed by atoms with van der Waals surface area (Å²) in [6, 6.07) is 19.9. The van der Waals surface area contributed by atoms with Crippen molar-refractivity contribution < 1.29 is 14.3 Å². The fourth-order valence-electron chi connectivity index (χ4n) is 3.58. The smallest absolute Gasteiger partial charge is 0.410 e. The average Bonchev–Trinajstić information content (AvgIpc) is 2.69. The Morgan fingerprint density at radius 1 is 0.889 bits per heavy atom. The van der Waals surface area contributed by atoms with Crippen molar-refractivity contribution in [1.82, 2.24) is 4.90 Å². The molecular formula is C23H27NO3. The molecule has 27 heavy (non-hydrogen) atoms. The summed E-state index contributed by atoms with van der Waals surface area (Å²) in [6.07, 6.45) is 4.32. The van der Waals surface area contributed by atoms with Gasteiger partial charge >= 0.3 is 6.09 Å². The highest BCUT2D eigenvalue weighted by Gasteiger charge is 2.26. The van der Waals surface area contributed by atoms with Gasteiger partial charge in [0, 0.05) is 25.4 Å². The van der Waals surface area contributed by atoms with Gasteiger partial charge in [0.2, 0.25) is 0 Å². The molecule has 1 fully saturated rings. The van der Waals surface area contributed by atoms with Crippen LogP contribution in [0.25, 0.3) is 0 Å². The van der Waals surface area contributed by atoms with Crippen LogP contribution < -0.4 is 0 Å². The van der Waals surface area contributed by atoms with E-state index < -0.39 is 0 Å². The maximum atomic E-state index is 12.9. The standard InChI is InChI=1S/C23H27NO3/c25-22-15-7-13-21(14-8-16-22)24(17-19-9-3-1-4-10-19)23(26)27-18-20-11-5-2-6-12-20/h1-6,9-12,21H,7-8,13-18H2. The number of carbonyl (C=O) groups excluding carboxylic acids is 2. The summed E-state index contributed by atoms with van der Waals surface area (Å²) in [5, 5.41) is 0. The van der Waals surface area contributed by atoms with E-state index in [9.17, 15) is 9.59 Å². The van der Waals surface area contributed by atoms with E-state index in [-0.39, 0.29) is 18.7 Å². The molecule has 1 amide bonds. The number of hydrogen-bond acceptors (Lipinski definition) is 3. The molecule has 0 saturated heterocycles. The van der Waals surface area contributed by atoms with Crippen LogP contribution in [0.5, 0.6) is 0 Å². The van der Waals surface area contributed by atoms with E-state index in [1.165, 1.54) is 0 Å². The quantitative estimate of drug-likeness (QED) is 0.739. The van der Waals surface area contributed by atoms with Crippen molar-refractivity contribution in [1.29, 1.82) is 0 Å². The average molecular weight is 365 g/mol. The molecular weight excluding hydrogens is 338 g/mol. The van der Waals surface area contributed by atoms with Gasteiger partial charge in [0.25, 0.3) is 0 Å². The Labute approximate surface area is 161 Å². The molecule has 0 radical (unpaired) electrons. The number of ketones is 1. The molecule has 2 aromatic carbocycles. The number of nitrogens with zero attached hydrogens (tertiary/aromatic N) is 1.